The van der Waals surface area contributed by atoms with Crippen molar-refractivity contribution < 1.29 is 80.2 Å². The van der Waals surface area contributed by atoms with Crippen molar-refractivity contribution in [3.05, 3.63) is 158 Å². The number of unbranched alkanes of at least 4 members (excludes halogenated alkanes) is 25. The molecule has 0 aromatic heterocycles. The van der Waals surface area contributed by atoms with Crippen LogP contribution in [-0.2, 0) is 65.4 Å². The van der Waals surface area contributed by atoms with Crippen LogP contribution in [0, 0.1) is 0 Å². The van der Waals surface area contributed by atoms with Gasteiger partial charge in [-0.1, -0.05) is 288 Å². The van der Waals surface area contributed by atoms with Gasteiger partial charge in [0.1, 0.15) is 19.3 Å². The third kappa shape index (κ3) is 78.8. The Morgan fingerprint density at radius 1 is 0.269 bits per heavy atom. The molecule has 0 aliphatic heterocycles. The average molecular weight is 1550 g/mol. The van der Waals surface area contributed by atoms with E-state index in [9.17, 15) is 43.2 Å². The lowest BCUT2D eigenvalue weighted by atomic mass is 10.1. The predicted octanol–water partition coefficient (Wildman–Crippen LogP) is 24.8. The highest BCUT2D eigenvalue weighted by Gasteiger charge is 2.30. The highest BCUT2D eigenvalue weighted by atomic mass is 31.2. The summed E-state index contributed by atoms with van der Waals surface area (Å²) in [5.41, 5.74) is 0. The number of aliphatic hydroxyl groups excluding tert-OH is 1. The number of ether oxygens (including phenoxy) is 4. The Balaban J connectivity index is 5.43. The minimum Gasteiger partial charge on any atom is -0.462 e. The summed E-state index contributed by atoms with van der Waals surface area (Å²) in [7, 11) is -9.99. The van der Waals surface area contributed by atoms with Crippen LogP contribution < -0.4 is 0 Å². The minimum atomic E-state index is -5.00. The van der Waals surface area contributed by atoms with Crippen molar-refractivity contribution in [2.75, 3.05) is 39.6 Å². The zero-order valence-electron chi connectivity index (χ0n) is 67.5. The standard InChI is InChI=1S/C89H148O17P2/c1-5-9-13-17-21-25-29-33-37-39-41-43-47-50-54-58-62-66-70-74-87(92)100-80-85(106-89(94)76-72-68-64-60-56-52-48-44-42-40-38-34-30-26-22-18-14-10-6-2)82-104-108(97,98)102-78-83(90)77-101-107(95,96)103-81-84(105-88(93)75-71-67-63-59-55-51-46-36-32-28-24-20-16-12-8-4)79-99-86(91)73-69-65-61-57-53-49-45-35-31-27-23-19-15-11-7-3/h9,11-13,15-16,21-28,33-38,41-46,83-85,90H,5-8,10,14,17-20,29-32,39-40,47-82H2,1-4H3,(H,95,96)(H,97,98)/b13-9-,15-11-,16-12-,25-21-,26-22-,27-23-,28-24-,37-33-,38-34-,43-41-,44-42-,45-35-,46-36-. The number of hydrogen-bond donors (Lipinski definition) is 3. The molecule has 17 nitrogen and oxygen atoms in total. The van der Waals surface area contributed by atoms with Gasteiger partial charge in [-0.05, 0) is 167 Å². The largest absolute Gasteiger partial charge is 0.472 e. The summed E-state index contributed by atoms with van der Waals surface area (Å²) in [5, 5.41) is 10.7. The molecule has 0 aromatic carbocycles. The lowest BCUT2D eigenvalue weighted by molar-refractivity contribution is -0.161. The molecule has 0 fully saturated rings. The molecule has 0 heterocycles. The molecule has 0 rings (SSSR count). The summed E-state index contributed by atoms with van der Waals surface area (Å²) in [4.78, 5) is 73.2. The fraction of sp³-hybridized carbons (Fsp3) is 0.663. The van der Waals surface area contributed by atoms with E-state index in [-0.39, 0.29) is 25.7 Å². The monoisotopic (exact) mass is 1550 g/mol. The van der Waals surface area contributed by atoms with Gasteiger partial charge >= 0.3 is 39.5 Å². The van der Waals surface area contributed by atoms with E-state index < -0.39 is 97.5 Å². The number of esters is 4. The molecule has 108 heavy (non-hydrogen) atoms. The molecule has 0 saturated carbocycles. The van der Waals surface area contributed by atoms with Gasteiger partial charge in [0, 0.05) is 25.7 Å². The summed E-state index contributed by atoms with van der Waals surface area (Å²) in [6.07, 6.45) is 93.4. The van der Waals surface area contributed by atoms with Gasteiger partial charge in [0.05, 0.1) is 26.4 Å². The van der Waals surface area contributed by atoms with E-state index in [1.807, 2.05) is 0 Å². The van der Waals surface area contributed by atoms with Crippen LogP contribution in [0.2, 0.25) is 0 Å². The molecule has 5 atom stereocenters. The van der Waals surface area contributed by atoms with Crippen LogP contribution in [0.4, 0.5) is 0 Å². The Morgan fingerprint density at radius 3 is 0.741 bits per heavy atom. The summed E-state index contributed by atoms with van der Waals surface area (Å²) >= 11 is 0. The van der Waals surface area contributed by atoms with Crippen LogP contribution in [0.3, 0.4) is 0 Å². The molecule has 19 heteroatoms. The van der Waals surface area contributed by atoms with Crippen LogP contribution >= 0.6 is 15.6 Å². The van der Waals surface area contributed by atoms with Gasteiger partial charge < -0.3 is 33.8 Å². The van der Waals surface area contributed by atoms with Crippen LogP contribution in [-0.4, -0.2) is 96.7 Å². The van der Waals surface area contributed by atoms with Crippen LogP contribution in [0.1, 0.15) is 323 Å². The molecule has 0 aliphatic rings. The molecule has 0 spiro atoms. The van der Waals surface area contributed by atoms with Crippen LogP contribution in [0.5, 0.6) is 0 Å². The number of aliphatic hydroxyl groups is 1. The maximum atomic E-state index is 13.1. The first-order chi connectivity index (χ1) is 52.7. The molecular weight excluding hydrogens is 1400 g/mol. The van der Waals surface area contributed by atoms with Crippen molar-refractivity contribution in [2.45, 2.75) is 341 Å². The van der Waals surface area contributed by atoms with E-state index in [0.29, 0.717) is 25.7 Å². The summed E-state index contributed by atoms with van der Waals surface area (Å²) in [6, 6.07) is 0. The fourth-order valence-electron chi connectivity index (χ4n) is 10.7. The van der Waals surface area contributed by atoms with Gasteiger partial charge in [0.15, 0.2) is 12.2 Å². The van der Waals surface area contributed by atoms with Crippen molar-refractivity contribution in [2.24, 2.45) is 0 Å². The van der Waals surface area contributed by atoms with Crippen LogP contribution in [0.15, 0.2) is 158 Å². The van der Waals surface area contributed by atoms with Gasteiger partial charge in [-0.3, -0.25) is 37.3 Å². The molecule has 0 amide bonds. The van der Waals surface area contributed by atoms with Gasteiger partial charge in [0.25, 0.3) is 0 Å². The fourth-order valence-corrected chi connectivity index (χ4v) is 12.3. The minimum absolute atomic E-state index is 0.0668. The molecular formula is C89H148O17P2. The van der Waals surface area contributed by atoms with E-state index in [1.54, 1.807) is 0 Å². The molecule has 0 saturated heterocycles. The number of phosphoric acid groups is 2. The number of carbonyl (C=O) groups excluding carboxylic acids is 4. The van der Waals surface area contributed by atoms with Crippen molar-refractivity contribution >= 4 is 39.5 Å². The maximum absolute atomic E-state index is 13.1. The Kier molecular flexibility index (Phi) is 75.8. The molecule has 0 aliphatic carbocycles. The van der Waals surface area contributed by atoms with E-state index in [2.05, 4.69) is 186 Å². The summed E-state index contributed by atoms with van der Waals surface area (Å²) < 4.78 is 68.7. The number of carbonyl (C=O) groups is 4. The smallest absolute Gasteiger partial charge is 0.462 e. The maximum Gasteiger partial charge on any atom is 0.472 e. The number of allylic oxidation sites excluding steroid dienone is 26. The summed E-state index contributed by atoms with van der Waals surface area (Å²) in [5.74, 6) is -2.24. The first kappa shape index (κ1) is 103. The van der Waals surface area contributed by atoms with Crippen molar-refractivity contribution in [3.63, 3.8) is 0 Å². The van der Waals surface area contributed by atoms with Gasteiger partial charge in [-0.25, -0.2) is 9.13 Å². The molecule has 5 unspecified atom stereocenters. The molecule has 616 valence electrons. The highest BCUT2D eigenvalue weighted by Crippen LogP contribution is 2.45. The van der Waals surface area contributed by atoms with Gasteiger partial charge in [-0.15, -0.1) is 0 Å². The van der Waals surface area contributed by atoms with Crippen molar-refractivity contribution in [1.29, 1.82) is 0 Å². The first-order valence-electron chi connectivity index (χ1n) is 41.7. The highest BCUT2D eigenvalue weighted by molar-refractivity contribution is 7.47. The third-order valence-electron chi connectivity index (χ3n) is 17.0. The summed E-state index contributed by atoms with van der Waals surface area (Å²) in [6.45, 7) is 4.46. The Bertz CT molecular complexity index is 2660. The second-order valence-corrected chi connectivity index (χ2v) is 30.2. The zero-order chi connectivity index (χ0) is 78.9. The second-order valence-electron chi connectivity index (χ2n) is 27.3. The molecule has 3 N–H and O–H groups in total. The number of hydrogen-bond acceptors (Lipinski definition) is 15. The third-order valence-corrected chi connectivity index (χ3v) is 18.9. The average Bonchev–Trinajstić information content (AvgIpc) is 0.896. The predicted molar refractivity (Wildman–Crippen MR) is 445 cm³/mol. The second kappa shape index (κ2) is 79.8. The SMILES string of the molecule is CC/C=C\C/C=C\C/C=C\C/C=C\CCCCCCCCC(=O)OCC(COP(=O)(O)OCC(O)COP(=O)(O)OCC(COC(=O)CCCCCCC/C=C\C/C=C\C/C=C\CC)OC(=O)CCCCCCC/C=C\C/C=C\C/C=C\CC)OC(=O)CCCCCCCC/C=C\C/C=C\C/C=C\CCCCC. The van der Waals surface area contributed by atoms with Gasteiger partial charge in [0.2, 0.25) is 0 Å². The number of phosphoric ester groups is 2. The molecule has 0 radical (unpaired) electrons. The Hall–Kier alpha value is -5.32. The quantitative estimate of drug-likeness (QED) is 0.0169. The topological polar surface area (TPSA) is 237 Å². The zero-order valence-corrected chi connectivity index (χ0v) is 69.3. The van der Waals surface area contributed by atoms with E-state index in [0.717, 1.165) is 225 Å². The first-order valence-corrected chi connectivity index (χ1v) is 44.7. The molecule has 0 bridgehead atoms. The van der Waals surface area contributed by atoms with E-state index in [1.165, 1.54) is 19.3 Å². The van der Waals surface area contributed by atoms with E-state index >= 15 is 0 Å². The molecule has 0 aromatic rings. The van der Waals surface area contributed by atoms with Crippen LogP contribution in [0.25, 0.3) is 0 Å². The Morgan fingerprint density at radius 2 is 0.481 bits per heavy atom. The van der Waals surface area contributed by atoms with Crippen molar-refractivity contribution in [3.8, 4) is 0 Å². The van der Waals surface area contributed by atoms with E-state index in [4.69, 9.17) is 37.0 Å². The lowest BCUT2D eigenvalue weighted by Crippen LogP contribution is -2.30. The lowest BCUT2D eigenvalue weighted by Gasteiger charge is -2.21. The normalized spacial score (nSPS) is 14.6. The Labute approximate surface area is 655 Å². The van der Waals surface area contributed by atoms with Gasteiger partial charge in [-0.2, -0.15) is 0 Å². The number of rotatable bonds is 77. The van der Waals surface area contributed by atoms with Crippen molar-refractivity contribution in [1.82, 2.24) is 0 Å².